The lowest BCUT2D eigenvalue weighted by Crippen LogP contribution is -2.32. The SMILES string of the molecule is CCCOCC(=O)NCC(CCC)CCO. The monoisotopic (exact) mass is 231 g/mol. The summed E-state index contributed by atoms with van der Waals surface area (Å²) in [5.74, 6) is 0.317. The van der Waals surface area contributed by atoms with Gasteiger partial charge in [-0.15, -0.1) is 0 Å². The summed E-state index contributed by atoms with van der Waals surface area (Å²) in [6.45, 7) is 5.72. The van der Waals surface area contributed by atoms with Gasteiger partial charge in [0.05, 0.1) is 0 Å². The number of hydrogen-bond acceptors (Lipinski definition) is 3. The van der Waals surface area contributed by atoms with E-state index in [4.69, 9.17) is 9.84 Å². The summed E-state index contributed by atoms with van der Waals surface area (Å²) in [5.41, 5.74) is 0. The van der Waals surface area contributed by atoms with E-state index in [0.717, 1.165) is 25.7 Å². The van der Waals surface area contributed by atoms with Gasteiger partial charge in [-0.3, -0.25) is 4.79 Å². The Hall–Kier alpha value is -0.610. The fourth-order valence-electron chi connectivity index (χ4n) is 1.56. The van der Waals surface area contributed by atoms with Crippen LogP contribution in [0.4, 0.5) is 0 Å². The molecular formula is C12H25NO3. The third kappa shape index (κ3) is 8.68. The molecule has 0 aromatic carbocycles. The van der Waals surface area contributed by atoms with Crippen LogP contribution in [0.1, 0.15) is 39.5 Å². The molecule has 4 nitrogen and oxygen atoms in total. The van der Waals surface area contributed by atoms with Crippen molar-refractivity contribution in [2.75, 3.05) is 26.4 Å². The molecule has 96 valence electrons. The van der Waals surface area contributed by atoms with Crippen molar-refractivity contribution >= 4 is 5.91 Å². The van der Waals surface area contributed by atoms with Gasteiger partial charge in [-0.25, -0.2) is 0 Å². The molecule has 0 bridgehead atoms. The van der Waals surface area contributed by atoms with Crippen LogP contribution >= 0.6 is 0 Å². The van der Waals surface area contributed by atoms with Gasteiger partial charge in [0.2, 0.25) is 5.91 Å². The summed E-state index contributed by atoms with van der Waals surface area (Å²) >= 11 is 0. The number of ether oxygens (including phenoxy) is 1. The molecule has 16 heavy (non-hydrogen) atoms. The Bertz CT molecular complexity index is 168. The normalized spacial score (nSPS) is 12.4. The zero-order chi connectivity index (χ0) is 12.2. The van der Waals surface area contributed by atoms with Crippen LogP contribution in [0.5, 0.6) is 0 Å². The molecule has 0 aliphatic heterocycles. The van der Waals surface area contributed by atoms with Crippen LogP contribution in [0.25, 0.3) is 0 Å². The number of hydrogen-bond donors (Lipinski definition) is 2. The molecule has 0 heterocycles. The van der Waals surface area contributed by atoms with E-state index in [0.29, 0.717) is 19.1 Å². The Labute approximate surface area is 98.4 Å². The molecule has 2 N–H and O–H groups in total. The number of aliphatic hydroxyl groups excluding tert-OH is 1. The van der Waals surface area contributed by atoms with Crippen LogP contribution in [-0.4, -0.2) is 37.4 Å². The molecule has 4 heteroatoms. The van der Waals surface area contributed by atoms with Gasteiger partial charge in [-0.05, 0) is 25.2 Å². The minimum atomic E-state index is -0.0625. The van der Waals surface area contributed by atoms with Crippen molar-refractivity contribution in [3.63, 3.8) is 0 Å². The van der Waals surface area contributed by atoms with Crippen LogP contribution < -0.4 is 5.32 Å². The van der Waals surface area contributed by atoms with Crippen LogP contribution in [0, 0.1) is 5.92 Å². The molecule has 0 aliphatic rings. The van der Waals surface area contributed by atoms with E-state index >= 15 is 0 Å². The molecule has 0 rings (SSSR count). The van der Waals surface area contributed by atoms with Crippen molar-refractivity contribution in [2.24, 2.45) is 5.92 Å². The molecule has 0 radical (unpaired) electrons. The summed E-state index contributed by atoms with van der Waals surface area (Å²) < 4.78 is 5.14. The number of aliphatic hydroxyl groups is 1. The number of carbonyl (C=O) groups is 1. The van der Waals surface area contributed by atoms with Crippen molar-refractivity contribution < 1.29 is 14.6 Å². The first-order valence-corrected chi connectivity index (χ1v) is 6.19. The highest BCUT2D eigenvalue weighted by Crippen LogP contribution is 2.09. The first-order chi connectivity index (χ1) is 7.74. The van der Waals surface area contributed by atoms with Crippen LogP contribution in [0.3, 0.4) is 0 Å². The summed E-state index contributed by atoms with van der Waals surface area (Å²) in [4.78, 5) is 11.3. The van der Waals surface area contributed by atoms with E-state index in [1.807, 2.05) is 6.92 Å². The lowest BCUT2D eigenvalue weighted by Gasteiger charge is -2.15. The van der Waals surface area contributed by atoms with Gasteiger partial charge in [-0.1, -0.05) is 20.3 Å². The first kappa shape index (κ1) is 15.4. The Kier molecular flexibility index (Phi) is 10.5. The third-order valence-electron chi connectivity index (χ3n) is 2.40. The highest BCUT2D eigenvalue weighted by Gasteiger charge is 2.09. The first-order valence-electron chi connectivity index (χ1n) is 6.19. The van der Waals surface area contributed by atoms with Gasteiger partial charge in [-0.2, -0.15) is 0 Å². The average molecular weight is 231 g/mol. The van der Waals surface area contributed by atoms with E-state index in [-0.39, 0.29) is 19.1 Å². The van der Waals surface area contributed by atoms with E-state index in [9.17, 15) is 4.79 Å². The number of carbonyl (C=O) groups excluding carboxylic acids is 1. The molecule has 1 unspecified atom stereocenters. The summed E-state index contributed by atoms with van der Waals surface area (Å²) in [5, 5.41) is 11.7. The Morgan fingerprint density at radius 3 is 2.62 bits per heavy atom. The molecular weight excluding hydrogens is 206 g/mol. The maximum atomic E-state index is 11.3. The predicted molar refractivity (Wildman–Crippen MR) is 64.2 cm³/mol. The zero-order valence-corrected chi connectivity index (χ0v) is 10.5. The fraction of sp³-hybridized carbons (Fsp3) is 0.917. The summed E-state index contributed by atoms with van der Waals surface area (Å²) in [6, 6.07) is 0. The Morgan fingerprint density at radius 2 is 2.06 bits per heavy atom. The molecule has 0 aromatic rings. The largest absolute Gasteiger partial charge is 0.396 e. The van der Waals surface area contributed by atoms with E-state index < -0.39 is 0 Å². The molecule has 1 amide bonds. The van der Waals surface area contributed by atoms with Crippen LogP contribution in [0.2, 0.25) is 0 Å². The van der Waals surface area contributed by atoms with Gasteiger partial charge in [0.25, 0.3) is 0 Å². The number of rotatable bonds is 10. The predicted octanol–water partition coefficient (Wildman–Crippen LogP) is 1.33. The minimum Gasteiger partial charge on any atom is -0.396 e. The van der Waals surface area contributed by atoms with Crippen molar-refractivity contribution in [3.05, 3.63) is 0 Å². The van der Waals surface area contributed by atoms with Gasteiger partial charge in [0.15, 0.2) is 0 Å². The molecule has 0 aromatic heterocycles. The highest BCUT2D eigenvalue weighted by molar-refractivity contribution is 5.77. The quantitative estimate of drug-likeness (QED) is 0.558. The average Bonchev–Trinajstić information content (AvgIpc) is 2.27. The van der Waals surface area contributed by atoms with Gasteiger partial charge < -0.3 is 15.2 Å². The minimum absolute atomic E-state index is 0.0625. The molecule has 0 fully saturated rings. The molecule has 0 spiro atoms. The van der Waals surface area contributed by atoms with Crippen molar-refractivity contribution in [1.29, 1.82) is 0 Å². The third-order valence-corrected chi connectivity index (χ3v) is 2.40. The number of nitrogens with one attached hydrogen (secondary N) is 1. The smallest absolute Gasteiger partial charge is 0.246 e. The Morgan fingerprint density at radius 1 is 1.31 bits per heavy atom. The number of amides is 1. The fourth-order valence-corrected chi connectivity index (χ4v) is 1.56. The van der Waals surface area contributed by atoms with Gasteiger partial charge in [0, 0.05) is 19.8 Å². The van der Waals surface area contributed by atoms with Gasteiger partial charge in [0.1, 0.15) is 6.61 Å². The zero-order valence-electron chi connectivity index (χ0n) is 10.5. The van der Waals surface area contributed by atoms with Crippen molar-refractivity contribution in [3.8, 4) is 0 Å². The summed E-state index contributed by atoms with van der Waals surface area (Å²) in [6.07, 6.45) is 3.80. The molecule has 0 aliphatic carbocycles. The summed E-state index contributed by atoms with van der Waals surface area (Å²) in [7, 11) is 0. The van der Waals surface area contributed by atoms with E-state index in [2.05, 4.69) is 12.2 Å². The van der Waals surface area contributed by atoms with Gasteiger partial charge >= 0.3 is 0 Å². The molecule has 0 saturated heterocycles. The molecule has 1 atom stereocenters. The van der Waals surface area contributed by atoms with Crippen LogP contribution in [-0.2, 0) is 9.53 Å². The van der Waals surface area contributed by atoms with E-state index in [1.54, 1.807) is 0 Å². The second kappa shape index (κ2) is 10.9. The van der Waals surface area contributed by atoms with Crippen molar-refractivity contribution in [1.82, 2.24) is 5.32 Å². The van der Waals surface area contributed by atoms with Crippen molar-refractivity contribution in [2.45, 2.75) is 39.5 Å². The lowest BCUT2D eigenvalue weighted by molar-refractivity contribution is -0.125. The second-order valence-corrected chi connectivity index (χ2v) is 4.02. The lowest BCUT2D eigenvalue weighted by atomic mass is 10.0. The standard InChI is InChI=1S/C12H25NO3/c1-3-5-11(6-7-14)9-13-12(15)10-16-8-4-2/h11,14H,3-10H2,1-2H3,(H,13,15). The Balaban J connectivity index is 3.60. The maximum Gasteiger partial charge on any atom is 0.246 e. The second-order valence-electron chi connectivity index (χ2n) is 4.02. The highest BCUT2D eigenvalue weighted by atomic mass is 16.5. The van der Waals surface area contributed by atoms with Crippen LogP contribution in [0.15, 0.2) is 0 Å². The maximum absolute atomic E-state index is 11.3. The molecule has 0 saturated carbocycles. The van der Waals surface area contributed by atoms with E-state index in [1.165, 1.54) is 0 Å². The topological polar surface area (TPSA) is 58.6 Å².